The highest BCUT2D eigenvalue weighted by Crippen LogP contribution is 2.23. The average molecular weight is 272 g/mol. The second kappa shape index (κ2) is 5.09. The largest absolute Gasteiger partial charge is 0.369 e. The van der Waals surface area contributed by atoms with E-state index in [1.807, 2.05) is 6.20 Å². The SMILES string of the molecule is CC(C)(C)Cc1ncc2cc(N3CCNCC3)ccn12. The minimum atomic E-state index is 0.262. The van der Waals surface area contributed by atoms with Gasteiger partial charge in [0, 0.05) is 44.5 Å². The minimum Gasteiger partial charge on any atom is -0.369 e. The van der Waals surface area contributed by atoms with Crippen LogP contribution in [0.4, 0.5) is 5.69 Å². The third kappa shape index (κ3) is 2.80. The fraction of sp³-hybridized carbons (Fsp3) is 0.562. The van der Waals surface area contributed by atoms with Crippen molar-refractivity contribution in [2.45, 2.75) is 27.2 Å². The van der Waals surface area contributed by atoms with Gasteiger partial charge in [-0.25, -0.2) is 4.98 Å². The molecule has 0 unspecified atom stereocenters. The van der Waals surface area contributed by atoms with E-state index in [1.165, 1.54) is 11.2 Å². The highest BCUT2D eigenvalue weighted by atomic mass is 15.2. The van der Waals surface area contributed by atoms with E-state index in [-0.39, 0.29) is 5.41 Å². The molecule has 1 aliphatic rings. The van der Waals surface area contributed by atoms with Gasteiger partial charge in [-0.05, 0) is 17.5 Å². The molecule has 1 N–H and O–H groups in total. The van der Waals surface area contributed by atoms with E-state index in [2.05, 4.69) is 58.7 Å². The number of anilines is 1. The van der Waals surface area contributed by atoms with Crippen LogP contribution in [0.5, 0.6) is 0 Å². The molecule has 0 radical (unpaired) electrons. The van der Waals surface area contributed by atoms with Crippen LogP contribution in [0.3, 0.4) is 0 Å². The lowest BCUT2D eigenvalue weighted by Crippen LogP contribution is -2.43. The van der Waals surface area contributed by atoms with Crippen molar-refractivity contribution in [2.75, 3.05) is 31.1 Å². The first-order valence-corrected chi connectivity index (χ1v) is 7.45. The number of nitrogens with zero attached hydrogens (tertiary/aromatic N) is 3. The summed E-state index contributed by atoms with van der Waals surface area (Å²) < 4.78 is 2.22. The molecule has 20 heavy (non-hydrogen) atoms. The fourth-order valence-electron chi connectivity index (χ4n) is 2.77. The van der Waals surface area contributed by atoms with Crippen LogP contribution in [0, 0.1) is 5.41 Å². The molecule has 0 aliphatic carbocycles. The second-order valence-corrected chi connectivity index (χ2v) is 6.83. The summed E-state index contributed by atoms with van der Waals surface area (Å²) >= 11 is 0. The van der Waals surface area contributed by atoms with Crippen LogP contribution in [0.1, 0.15) is 26.6 Å². The normalized spacial score (nSPS) is 16.9. The third-order valence-electron chi connectivity index (χ3n) is 3.76. The molecule has 3 rings (SSSR count). The van der Waals surface area contributed by atoms with Gasteiger partial charge >= 0.3 is 0 Å². The van der Waals surface area contributed by atoms with Gasteiger partial charge in [0.25, 0.3) is 0 Å². The lowest BCUT2D eigenvalue weighted by molar-refractivity contribution is 0.400. The first kappa shape index (κ1) is 13.4. The quantitative estimate of drug-likeness (QED) is 0.911. The summed E-state index contributed by atoms with van der Waals surface area (Å²) in [4.78, 5) is 7.04. The van der Waals surface area contributed by atoms with E-state index in [4.69, 9.17) is 0 Å². The molecular weight excluding hydrogens is 248 g/mol. The topological polar surface area (TPSA) is 32.6 Å². The molecular formula is C16H24N4. The van der Waals surface area contributed by atoms with Crippen molar-refractivity contribution in [1.29, 1.82) is 0 Å². The number of pyridine rings is 1. The van der Waals surface area contributed by atoms with E-state index in [0.29, 0.717) is 0 Å². The molecule has 0 amide bonds. The summed E-state index contributed by atoms with van der Waals surface area (Å²) in [7, 11) is 0. The molecule has 1 saturated heterocycles. The van der Waals surface area contributed by atoms with Gasteiger partial charge in [-0.15, -0.1) is 0 Å². The molecule has 2 aromatic heterocycles. The van der Waals surface area contributed by atoms with E-state index >= 15 is 0 Å². The van der Waals surface area contributed by atoms with Gasteiger partial charge in [-0.1, -0.05) is 20.8 Å². The zero-order valence-electron chi connectivity index (χ0n) is 12.7. The van der Waals surface area contributed by atoms with Crippen molar-refractivity contribution < 1.29 is 0 Å². The molecule has 108 valence electrons. The van der Waals surface area contributed by atoms with Crippen molar-refractivity contribution in [3.05, 3.63) is 30.4 Å². The summed E-state index contributed by atoms with van der Waals surface area (Å²) in [5.41, 5.74) is 2.76. The average Bonchev–Trinajstić information content (AvgIpc) is 2.80. The number of rotatable bonds is 2. The Balaban J connectivity index is 1.89. The van der Waals surface area contributed by atoms with Gasteiger partial charge in [0.2, 0.25) is 0 Å². The molecule has 2 aromatic rings. The van der Waals surface area contributed by atoms with Crippen LogP contribution in [0.15, 0.2) is 24.5 Å². The molecule has 0 bridgehead atoms. The second-order valence-electron chi connectivity index (χ2n) is 6.83. The summed E-state index contributed by atoms with van der Waals surface area (Å²) in [5, 5.41) is 3.39. The molecule has 3 heterocycles. The van der Waals surface area contributed by atoms with Crippen LogP contribution in [-0.4, -0.2) is 35.6 Å². The maximum absolute atomic E-state index is 4.60. The third-order valence-corrected chi connectivity index (χ3v) is 3.76. The number of nitrogens with one attached hydrogen (secondary N) is 1. The lowest BCUT2D eigenvalue weighted by atomic mass is 9.92. The van der Waals surface area contributed by atoms with Crippen LogP contribution in [-0.2, 0) is 6.42 Å². The van der Waals surface area contributed by atoms with Crippen molar-refractivity contribution >= 4 is 11.2 Å². The Kier molecular flexibility index (Phi) is 3.42. The monoisotopic (exact) mass is 272 g/mol. The molecule has 1 fully saturated rings. The number of imidazole rings is 1. The smallest absolute Gasteiger partial charge is 0.113 e. The molecule has 0 atom stereocenters. The molecule has 0 aromatic carbocycles. The number of hydrogen-bond acceptors (Lipinski definition) is 3. The first-order valence-electron chi connectivity index (χ1n) is 7.45. The van der Waals surface area contributed by atoms with E-state index < -0.39 is 0 Å². The van der Waals surface area contributed by atoms with Crippen LogP contribution in [0.25, 0.3) is 5.52 Å². The van der Waals surface area contributed by atoms with Gasteiger partial charge in [0.05, 0.1) is 11.7 Å². The van der Waals surface area contributed by atoms with Gasteiger partial charge in [-0.2, -0.15) is 0 Å². The van der Waals surface area contributed by atoms with Crippen LogP contribution >= 0.6 is 0 Å². The summed E-state index contributed by atoms with van der Waals surface area (Å²) in [6, 6.07) is 4.47. The Morgan fingerprint density at radius 3 is 2.70 bits per heavy atom. The summed E-state index contributed by atoms with van der Waals surface area (Å²) in [6.07, 6.45) is 5.15. The van der Waals surface area contributed by atoms with Crippen LogP contribution in [0.2, 0.25) is 0 Å². The van der Waals surface area contributed by atoms with Crippen molar-refractivity contribution in [2.24, 2.45) is 5.41 Å². The minimum absolute atomic E-state index is 0.262. The van der Waals surface area contributed by atoms with Gasteiger partial charge in [-0.3, -0.25) is 0 Å². The Morgan fingerprint density at radius 1 is 1.25 bits per heavy atom. The Morgan fingerprint density at radius 2 is 2.00 bits per heavy atom. The zero-order valence-corrected chi connectivity index (χ0v) is 12.7. The predicted molar refractivity (Wildman–Crippen MR) is 83.4 cm³/mol. The van der Waals surface area contributed by atoms with Gasteiger partial charge in [0.15, 0.2) is 0 Å². The Hall–Kier alpha value is -1.55. The standard InChI is InChI=1S/C16H24N4/c1-16(2,3)11-15-18-12-14-10-13(4-7-20(14)15)19-8-5-17-6-9-19/h4,7,10,12,17H,5-6,8-9,11H2,1-3H3. The van der Waals surface area contributed by atoms with Crippen molar-refractivity contribution in [3.63, 3.8) is 0 Å². The zero-order chi connectivity index (χ0) is 14.2. The van der Waals surface area contributed by atoms with Crippen molar-refractivity contribution in [1.82, 2.24) is 14.7 Å². The summed E-state index contributed by atoms with van der Waals surface area (Å²) in [6.45, 7) is 11.1. The number of piperazine rings is 1. The molecule has 1 aliphatic heterocycles. The first-order chi connectivity index (χ1) is 9.53. The van der Waals surface area contributed by atoms with E-state index in [9.17, 15) is 0 Å². The van der Waals surface area contributed by atoms with Crippen LogP contribution < -0.4 is 10.2 Å². The predicted octanol–water partition coefficient (Wildman–Crippen LogP) is 2.33. The number of fused-ring (bicyclic) bond motifs is 1. The summed E-state index contributed by atoms with van der Waals surface area (Å²) in [5.74, 6) is 1.15. The van der Waals surface area contributed by atoms with Crippen molar-refractivity contribution in [3.8, 4) is 0 Å². The van der Waals surface area contributed by atoms with Gasteiger partial charge in [0.1, 0.15) is 5.82 Å². The highest BCUT2D eigenvalue weighted by molar-refractivity contribution is 5.59. The molecule has 0 saturated carbocycles. The number of hydrogen-bond donors (Lipinski definition) is 1. The lowest BCUT2D eigenvalue weighted by Gasteiger charge is -2.29. The fourth-order valence-corrected chi connectivity index (χ4v) is 2.77. The van der Waals surface area contributed by atoms with E-state index in [1.54, 1.807) is 0 Å². The van der Waals surface area contributed by atoms with E-state index in [0.717, 1.165) is 38.4 Å². The Bertz CT molecular complexity index is 588. The maximum Gasteiger partial charge on any atom is 0.113 e. The molecule has 4 nitrogen and oxygen atoms in total. The van der Waals surface area contributed by atoms with Gasteiger partial charge < -0.3 is 14.6 Å². The Labute approximate surface area is 120 Å². The molecule has 0 spiro atoms. The number of aromatic nitrogens is 2. The highest BCUT2D eigenvalue weighted by Gasteiger charge is 2.16. The maximum atomic E-state index is 4.60. The molecule has 4 heteroatoms.